The van der Waals surface area contributed by atoms with Gasteiger partial charge in [0.25, 0.3) is 0 Å². The molecule has 0 aliphatic carbocycles. The zero-order valence-electron chi connectivity index (χ0n) is 17.9. The molecule has 2 aromatic rings. The number of imidazole rings is 1. The van der Waals surface area contributed by atoms with E-state index >= 15 is 0 Å². The second-order valence-corrected chi connectivity index (χ2v) is 10.5. The standard InChI is InChI=1S/C17H28N5O7PS2/c1-4-6-32-17-20-14(18-5-7-31-3)11-15(21-17)22(9-19-11)16-13(24)12(23)10(29-16)8-28-30(25,26)27-2/h9-10,12-13,16,23-24H,4-8H2,1-3H3,(H,25,26)(H,18,20,21)/t10-,12-,13-,16-/m1/s1. The third-order valence-corrected chi connectivity index (χ3v) is 7.28. The summed E-state index contributed by atoms with van der Waals surface area (Å²) in [5.41, 5.74) is 0.948. The Hall–Kier alpha value is -0.960. The third-order valence-electron chi connectivity index (χ3n) is 4.68. The van der Waals surface area contributed by atoms with Crippen LogP contribution in [0.3, 0.4) is 0 Å². The highest BCUT2D eigenvalue weighted by molar-refractivity contribution is 7.99. The number of hydrogen-bond donors (Lipinski definition) is 4. The number of fused-ring (bicyclic) bond motifs is 1. The highest BCUT2D eigenvalue weighted by Crippen LogP contribution is 2.43. The van der Waals surface area contributed by atoms with E-state index in [2.05, 4.69) is 31.7 Å². The molecule has 15 heteroatoms. The Morgan fingerprint density at radius 1 is 1.31 bits per heavy atom. The molecule has 1 fully saturated rings. The van der Waals surface area contributed by atoms with E-state index < -0.39 is 39.0 Å². The van der Waals surface area contributed by atoms with Gasteiger partial charge in [0.1, 0.15) is 18.3 Å². The van der Waals surface area contributed by atoms with Crippen molar-refractivity contribution in [3.63, 3.8) is 0 Å². The molecule has 0 bridgehead atoms. The average Bonchev–Trinajstić information content (AvgIpc) is 3.32. The van der Waals surface area contributed by atoms with Crippen LogP contribution in [0.1, 0.15) is 19.6 Å². The van der Waals surface area contributed by atoms with Gasteiger partial charge >= 0.3 is 7.82 Å². The summed E-state index contributed by atoms with van der Waals surface area (Å²) in [6.07, 6.45) is -0.347. The minimum atomic E-state index is -4.25. The number of aliphatic hydroxyl groups is 2. The van der Waals surface area contributed by atoms with Crippen LogP contribution in [-0.2, 0) is 18.3 Å². The lowest BCUT2D eigenvalue weighted by molar-refractivity contribution is -0.0509. The number of nitrogens with zero attached hydrogens (tertiary/aromatic N) is 4. The number of rotatable bonds is 12. The van der Waals surface area contributed by atoms with Gasteiger partial charge in [-0.05, 0) is 12.7 Å². The van der Waals surface area contributed by atoms with Crippen LogP contribution in [0, 0.1) is 0 Å². The first kappa shape index (κ1) is 25.7. The predicted octanol–water partition coefficient (Wildman–Crippen LogP) is 1.49. The van der Waals surface area contributed by atoms with Gasteiger partial charge in [-0.3, -0.25) is 13.6 Å². The molecule has 4 N–H and O–H groups in total. The van der Waals surface area contributed by atoms with E-state index in [0.29, 0.717) is 28.7 Å². The fraction of sp³-hybridized carbons (Fsp3) is 0.706. The molecular formula is C17H28N5O7PS2. The van der Waals surface area contributed by atoms with E-state index in [0.717, 1.165) is 25.0 Å². The normalized spacial score (nSPS) is 25.3. The van der Waals surface area contributed by atoms with Crippen molar-refractivity contribution in [2.75, 3.05) is 43.3 Å². The summed E-state index contributed by atoms with van der Waals surface area (Å²) in [5.74, 6) is 2.30. The minimum absolute atomic E-state index is 0.438. The zero-order valence-corrected chi connectivity index (χ0v) is 20.5. The molecule has 1 saturated heterocycles. The second-order valence-electron chi connectivity index (χ2n) is 6.94. The third kappa shape index (κ3) is 5.93. The number of phosphoric ester groups is 1. The summed E-state index contributed by atoms with van der Waals surface area (Å²) >= 11 is 3.21. The Bertz CT molecular complexity index is 951. The van der Waals surface area contributed by atoms with Crippen LogP contribution in [0.25, 0.3) is 11.2 Å². The largest absolute Gasteiger partial charge is 0.472 e. The fourth-order valence-corrected chi connectivity index (χ4v) is 4.49. The predicted molar refractivity (Wildman–Crippen MR) is 122 cm³/mol. The van der Waals surface area contributed by atoms with Gasteiger partial charge in [-0.1, -0.05) is 18.7 Å². The van der Waals surface area contributed by atoms with Gasteiger partial charge in [-0.15, -0.1) is 0 Å². The van der Waals surface area contributed by atoms with E-state index in [1.807, 2.05) is 6.26 Å². The first-order valence-corrected chi connectivity index (χ1v) is 13.8. The second kappa shape index (κ2) is 11.4. The van der Waals surface area contributed by atoms with E-state index in [4.69, 9.17) is 9.26 Å². The molecule has 1 unspecified atom stereocenters. The number of aliphatic hydroxyl groups excluding tert-OH is 2. The van der Waals surface area contributed by atoms with Gasteiger partial charge in [0.2, 0.25) is 0 Å². The summed E-state index contributed by atoms with van der Waals surface area (Å²) in [4.78, 5) is 23.0. The molecular weight excluding hydrogens is 481 g/mol. The lowest BCUT2D eigenvalue weighted by atomic mass is 10.1. The van der Waals surface area contributed by atoms with Gasteiger partial charge in [0, 0.05) is 25.2 Å². The number of nitrogens with one attached hydrogen (secondary N) is 1. The van der Waals surface area contributed by atoms with Crippen molar-refractivity contribution in [1.82, 2.24) is 19.5 Å². The van der Waals surface area contributed by atoms with Crippen molar-refractivity contribution < 1.29 is 33.5 Å². The fourth-order valence-electron chi connectivity index (χ4n) is 3.05. The molecule has 32 heavy (non-hydrogen) atoms. The highest BCUT2D eigenvalue weighted by Gasteiger charge is 2.45. The minimum Gasteiger partial charge on any atom is -0.387 e. The molecule has 1 aliphatic heterocycles. The van der Waals surface area contributed by atoms with Crippen LogP contribution >= 0.6 is 31.3 Å². The van der Waals surface area contributed by atoms with Gasteiger partial charge in [0.15, 0.2) is 28.4 Å². The van der Waals surface area contributed by atoms with Crippen molar-refractivity contribution in [1.29, 1.82) is 0 Å². The summed E-state index contributed by atoms with van der Waals surface area (Å²) in [5, 5.41) is 24.8. The van der Waals surface area contributed by atoms with Crippen molar-refractivity contribution in [3.8, 4) is 0 Å². The van der Waals surface area contributed by atoms with Crippen molar-refractivity contribution in [2.45, 2.75) is 43.0 Å². The summed E-state index contributed by atoms with van der Waals surface area (Å²) < 4.78 is 28.0. The number of aromatic nitrogens is 4. The topological polar surface area (TPSA) is 161 Å². The summed E-state index contributed by atoms with van der Waals surface area (Å²) in [6, 6.07) is 0. The number of phosphoric acid groups is 1. The monoisotopic (exact) mass is 509 g/mol. The maximum atomic E-state index is 11.6. The number of anilines is 1. The van der Waals surface area contributed by atoms with Crippen molar-refractivity contribution in [2.24, 2.45) is 0 Å². The van der Waals surface area contributed by atoms with Crippen LogP contribution in [0.4, 0.5) is 5.82 Å². The van der Waals surface area contributed by atoms with Crippen molar-refractivity contribution in [3.05, 3.63) is 6.33 Å². The maximum absolute atomic E-state index is 11.6. The quantitative estimate of drug-likeness (QED) is 0.141. The Morgan fingerprint density at radius 3 is 2.78 bits per heavy atom. The Balaban J connectivity index is 1.88. The molecule has 180 valence electrons. The number of ether oxygens (including phenoxy) is 1. The van der Waals surface area contributed by atoms with E-state index in [1.165, 1.54) is 22.7 Å². The molecule has 0 radical (unpaired) electrons. The Morgan fingerprint density at radius 2 is 2.09 bits per heavy atom. The van der Waals surface area contributed by atoms with E-state index in [1.54, 1.807) is 11.8 Å². The van der Waals surface area contributed by atoms with E-state index in [9.17, 15) is 19.7 Å². The lowest BCUT2D eigenvalue weighted by Crippen LogP contribution is -2.33. The maximum Gasteiger partial charge on any atom is 0.472 e. The highest BCUT2D eigenvalue weighted by atomic mass is 32.2. The number of hydrogen-bond acceptors (Lipinski definition) is 12. The molecule has 2 aromatic heterocycles. The molecule has 3 heterocycles. The van der Waals surface area contributed by atoms with Crippen molar-refractivity contribution >= 4 is 48.3 Å². The Labute approximate surface area is 194 Å². The van der Waals surface area contributed by atoms with Gasteiger partial charge < -0.3 is 25.2 Å². The molecule has 12 nitrogen and oxygen atoms in total. The molecule has 0 amide bonds. The molecule has 5 atom stereocenters. The van der Waals surface area contributed by atoms with Crippen LogP contribution < -0.4 is 5.32 Å². The molecule has 0 aromatic carbocycles. The average molecular weight is 510 g/mol. The molecule has 0 spiro atoms. The lowest BCUT2D eigenvalue weighted by Gasteiger charge is -2.17. The molecule has 0 saturated carbocycles. The van der Waals surface area contributed by atoms with Crippen LogP contribution in [0.15, 0.2) is 11.5 Å². The van der Waals surface area contributed by atoms with Gasteiger partial charge in [-0.2, -0.15) is 11.8 Å². The first-order chi connectivity index (χ1) is 15.3. The van der Waals surface area contributed by atoms with Crippen LogP contribution in [0.5, 0.6) is 0 Å². The van der Waals surface area contributed by atoms with Crippen LogP contribution in [-0.4, -0.2) is 91.0 Å². The van der Waals surface area contributed by atoms with E-state index in [-0.39, 0.29) is 0 Å². The number of thioether (sulfide) groups is 2. The van der Waals surface area contributed by atoms with Crippen LogP contribution in [0.2, 0.25) is 0 Å². The smallest absolute Gasteiger partial charge is 0.387 e. The SMILES string of the molecule is CCCSc1nc(NCCSC)c2ncn([C@@H]3O[C@H](COP(=O)(O)OC)[C@@H](O)[C@H]3O)c2n1. The van der Waals surface area contributed by atoms with Gasteiger partial charge in [-0.25, -0.2) is 19.5 Å². The van der Waals surface area contributed by atoms with Gasteiger partial charge in [0.05, 0.1) is 12.9 Å². The first-order valence-electron chi connectivity index (χ1n) is 9.96. The zero-order chi connectivity index (χ0) is 23.3. The summed E-state index contributed by atoms with van der Waals surface area (Å²) in [7, 11) is -3.23. The molecule has 3 rings (SSSR count). The Kier molecular flexibility index (Phi) is 9.18. The molecule has 1 aliphatic rings. The summed E-state index contributed by atoms with van der Waals surface area (Å²) in [6.45, 7) is 2.31.